The first-order valence-corrected chi connectivity index (χ1v) is 8.32. The molecular weight excluding hydrogens is 356 g/mol. The Morgan fingerprint density at radius 1 is 1.15 bits per heavy atom. The van der Waals surface area contributed by atoms with E-state index in [2.05, 4.69) is 5.32 Å². The lowest BCUT2D eigenvalue weighted by atomic mass is 10.1. The van der Waals surface area contributed by atoms with E-state index in [-0.39, 0.29) is 5.69 Å². The molecule has 134 valence electrons. The van der Waals surface area contributed by atoms with E-state index in [1.165, 1.54) is 6.07 Å². The molecule has 0 aliphatic carbocycles. The first kappa shape index (κ1) is 18.0. The Kier molecular flexibility index (Phi) is 5.55. The van der Waals surface area contributed by atoms with Crippen LogP contribution in [-0.4, -0.2) is 12.0 Å². The van der Waals surface area contributed by atoms with Gasteiger partial charge in [-0.2, -0.15) is 0 Å². The molecule has 0 amide bonds. The Labute approximate surface area is 155 Å². The summed E-state index contributed by atoms with van der Waals surface area (Å²) in [6.45, 7) is 1.10. The van der Waals surface area contributed by atoms with Gasteiger partial charge in [0.05, 0.1) is 24.1 Å². The summed E-state index contributed by atoms with van der Waals surface area (Å²) in [5.74, 6) is 1.93. The molecule has 3 rings (SSSR count). The molecule has 0 aliphatic rings. The van der Waals surface area contributed by atoms with Crippen LogP contribution in [0.25, 0.3) is 11.3 Å². The summed E-state index contributed by atoms with van der Waals surface area (Å²) in [6, 6.07) is 15.8. The van der Waals surface area contributed by atoms with Crippen molar-refractivity contribution in [2.24, 2.45) is 0 Å². The monoisotopic (exact) mass is 372 g/mol. The molecule has 0 saturated carbocycles. The third-order valence-corrected chi connectivity index (χ3v) is 4.13. The maximum atomic E-state index is 11.2. The summed E-state index contributed by atoms with van der Waals surface area (Å²) in [5, 5.41) is 14.8. The van der Waals surface area contributed by atoms with Gasteiger partial charge in [0.15, 0.2) is 0 Å². The van der Waals surface area contributed by atoms with Gasteiger partial charge in [-0.3, -0.25) is 10.1 Å². The van der Waals surface area contributed by atoms with Gasteiger partial charge < -0.3 is 14.5 Å². The molecule has 1 aromatic heterocycles. The maximum absolute atomic E-state index is 11.2. The quantitative estimate of drug-likeness (QED) is 0.475. The number of halogens is 1. The zero-order valence-electron chi connectivity index (χ0n) is 14.1. The van der Waals surface area contributed by atoms with E-state index in [1.54, 1.807) is 31.4 Å². The Morgan fingerprint density at radius 3 is 2.73 bits per heavy atom. The van der Waals surface area contributed by atoms with Crippen LogP contribution < -0.4 is 10.1 Å². The molecule has 1 N–H and O–H groups in total. The molecule has 7 heteroatoms. The van der Waals surface area contributed by atoms with E-state index in [0.717, 1.165) is 11.3 Å². The lowest BCUT2D eigenvalue weighted by Gasteiger charge is -2.08. The first-order valence-electron chi connectivity index (χ1n) is 7.94. The molecule has 0 spiro atoms. The van der Waals surface area contributed by atoms with E-state index < -0.39 is 4.92 Å². The second kappa shape index (κ2) is 8.03. The number of nitrogens with one attached hydrogen (secondary N) is 1. The molecule has 2 aromatic carbocycles. The molecule has 0 unspecified atom stereocenters. The van der Waals surface area contributed by atoms with Gasteiger partial charge in [0.1, 0.15) is 17.3 Å². The number of nitro groups is 1. The summed E-state index contributed by atoms with van der Waals surface area (Å²) >= 11 is 5.85. The van der Waals surface area contributed by atoms with Gasteiger partial charge in [0.2, 0.25) is 0 Å². The van der Waals surface area contributed by atoms with Crippen LogP contribution >= 0.6 is 11.6 Å². The van der Waals surface area contributed by atoms with Gasteiger partial charge in [-0.15, -0.1) is 0 Å². The third kappa shape index (κ3) is 4.04. The summed E-state index contributed by atoms with van der Waals surface area (Å²) in [4.78, 5) is 10.8. The van der Waals surface area contributed by atoms with Crippen LogP contribution in [0.1, 0.15) is 11.3 Å². The SMILES string of the molecule is COc1ccccc1CNCc1ccc(-c2ccc(Cl)cc2[N+](=O)[O-])o1. The van der Waals surface area contributed by atoms with Crippen molar-refractivity contribution in [2.45, 2.75) is 13.1 Å². The van der Waals surface area contributed by atoms with Crippen LogP contribution in [0.5, 0.6) is 5.75 Å². The Hall–Kier alpha value is -2.83. The number of methoxy groups -OCH3 is 1. The highest BCUT2D eigenvalue weighted by Crippen LogP contribution is 2.33. The zero-order chi connectivity index (χ0) is 18.5. The summed E-state index contributed by atoms with van der Waals surface area (Å²) < 4.78 is 11.1. The molecule has 3 aromatic rings. The molecule has 0 saturated heterocycles. The number of para-hydroxylation sites is 1. The van der Waals surface area contributed by atoms with Gasteiger partial charge in [0, 0.05) is 23.2 Å². The van der Waals surface area contributed by atoms with Crippen molar-refractivity contribution in [1.82, 2.24) is 5.32 Å². The normalized spacial score (nSPS) is 10.7. The highest BCUT2D eigenvalue weighted by atomic mass is 35.5. The molecule has 0 radical (unpaired) electrons. The number of nitrogens with zero attached hydrogens (tertiary/aromatic N) is 1. The van der Waals surface area contributed by atoms with Crippen LogP contribution in [0.3, 0.4) is 0 Å². The Bertz CT molecular complexity index is 923. The predicted octanol–water partition coefficient (Wildman–Crippen LogP) is 4.81. The van der Waals surface area contributed by atoms with E-state index in [9.17, 15) is 10.1 Å². The van der Waals surface area contributed by atoms with Crippen molar-refractivity contribution in [3.8, 4) is 17.1 Å². The minimum Gasteiger partial charge on any atom is -0.496 e. The molecule has 0 aliphatic heterocycles. The third-order valence-electron chi connectivity index (χ3n) is 3.89. The van der Waals surface area contributed by atoms with Crippen LogP contribution in [-0.2, 0) is 13.1 Å². The van der Waals surface area contributed by atoms with Gasteiger partial charge in [0.25, 0.3) is 5.69 Å². The minimum absolute atomic E-state index is 0.0830. The van der Waals surface area contributed by atoms with Crippen molar-refractivity contribution < 1.29 is 14.1 Å². The number of benzene rings is 2. The lowest BCUT2D eigenvalue weighted by molar-refractivity contribution is -0.384. The fourth-order valence-corrected chi connectivity index (χ4v) is 2.82. The molecular formula is C19H17ClN2O4. The average molecular weight is 373 g/mol. The summed E-state index contributed by atoms with van der Waals surface area (Å²) in [6.07, 6.45) is 0. The Morgan fingerprint density at radius 2 is 1.96 bits per heavy atom. The number of hydrogen-bond donors (Lipinski definition) is 1. The van der Waals surface area contributed by atoms with Crippen molar-refractivity contribution in [3.05, 3.63) is 81.1 Å². The summed E-state index contributed by atoms with van der Waals surface area (Å²) in [7, 11) is 1.64. The van der Waals surface area contributed by atoms with Crippen molar-refractivity contribution in [3.63, 3.8) is 0 Å². The van der Waals surface area contributed by atoms with E-state index >= 15 is 0 Å². The van der Waals surface area contributed by atoms with Crippen molar-refractivity contribution in [2.75, 3.05) is 7.11 Å². The average Bonchev–Trinajstić information content (AvgIpc) is 3.10. The number of rotatable bonds is 7. The van der Waals surface area contributed by atoms with Crippen molar-refractivity contribution >= 4 is 17.3 Å². The Balaban J connectivity index is 1.70. The number of nitro benzene ring substituents is 1. The van der Waals surface area contributed by atoms with Crippen molar-refractivity contribution in [1.29, 1.82) is 0 Å². The molecule has 26 heavy (non-hydrogen) atoms. The van der Waals surface area contributed by atoms with E-state index in [0.29, 0.717) is 35.2 Å². The molecule has 0 fully saturated rings. The molecule has 0 atom stereocenters. The van der Waals surface area contributed by atoms with E-state index in [1.807, 2.05) is 24.3 Å². The van der Waals surface area contributed by atoms with Crippen LogP contribution in [0.2, 0.25) is 5.02 Å². The highest BCUT2D eigenvalue weighted by molar-refractivity contribution is 6.30. The molecule has 0 bridgehead atoms. The van der Waals surface area contributed by atoms with E-state index in [4.69, 9.17) is 20.8 Å². The maximum Gasteiger partial charge on any atom is 0.281 e. The number of furan rings is 1. The number of hydrogen-bond acceptors (Lipinski definition) is 5. The standard InChI is InChI=1S/C19H17ClN2O4/c1-25-18-5-3-2-4-13(18)11-21-12-15-7-9-19(26-15)16-8-6-14(20)10-17(16)22(23)24/h2-10,21H,11-12H2,1H3. The minimum atomic E-state index is -0.469. The fourth-order valence-electron chi connectivity index (χ4n) is 2.65. The zero-order valence-corrected chi connectivity index (χ0v) is 14.8. The largest absolute Gasteiger partial charge is 0.496 e. The van der Waals surface area contributed by atoms with Gasteiger partial charge >= 0.3 is 0 Å². The smallest absolute Gasteiger partial charge is 0.281 e. The van der Waals surface area contributed by atoms with Gasteiger partial charge in [-0.05, 0) is 30.3 Å². The summed E-state index contributed by atoms with van der Waals surface area (Å²) in [5.41, 5.74) is 1.35. The number of ether oxygens (including phenoxy) is 1. The topological polar surface area (TPSA) is 77.5 Å². The van der Waals surface area contributed by atoms with Crippen LogP contribution in [0.15, 0.2) is 59.0 Å². The van der Waals surface area contributed by atoms with Gasteiger partial charge in [-0.25, -0.2) is 0 Å². The lowest BCUT2D eigenvalue weighted by Crippen LogP contribution is -2.12. The fraction of sp³-hybridized carbons (Fsp3) is 0.158. The van der Waals surface area contributed by atoms with Gasteiger partial charge in [-0.1, -0.05) is 29.8 Å². The predicted molar refractivity (Wildman–Crippen MR) is 99.3 cm³/mol. The second-order valence-electron chi connectivity index (χ2n) is 5.60. The highest BCUT2D eigenvalue weighted by Gasteiger charge is 2.18. The second-order valence-corrected chi connectivity index (χ2v) is 6.04. The molecule has 1 heterocycles. The molecule has 6 nitrogen and oxygen atoms in total. The first-order chi connectivity index (χ1) is 12.6. The van der Waals surface area contributed by atoms with Crippen LogP contribution in [0.4, 0.5) is 5.69 Å². The van der Waals surface area contributed by atoms with Crippen LogP contribution in [0, 0.1) is 10.1 Å².